The Labute approximate surface area is 167 Å². The van der Waals surface area contributed by atoms with E-state index < -0.39 is 5.82 Å². The van der Waals surface area contributed by atoms with Crippen LogP contribution in [0.3, 0.4) is 0 Å². The van der Waals surface area contributed by atoms with E-state index in [1.54, 1.807) is 41.0 Å². The molecule has 0 saturated carbocycles. The molecule has 152 valence electrons. The maximum absolute atomic E-state index is 14.3. The number of aryl methyl sites for hydroxylation is 1. The molecule has 3 aromatic rings. The summed E-state index contributed by atoms with van der Waals surface area (Å²) in [5.74, 6) is -1.02. The molecule has 0 aliphatic heterocycles. The standard InChI is InChI=1S/C21H22F2N4O2/c1-26(12-16-10-25-27(2)13-16)21(28)11-24-18-6-7-20(19(23)9-18)29-14-15-4-3-5-17(22)8-15/h3-10,13,24H,11-12,14H2,1-2H3. The molecule has 0 unspecified atom stereocenters. The molecule has 0 atom stereocenters. The molecular weight excluding hydrogens is 378 g/mol. The molecule has 1 N–H and O–H groups in total. The Hall–Kier alpha value is -3.42. The lowest BCUT2D eigenvalue weighted by atomic mass is 10.2. The highest BCUT2D eigenvalue weighted by Gasteiger charge is 2.11. The molecule has 3 rings (SSSR count). The summed E-state index contributed by atoms with van der Waals surface area (Å²) in [5, 5.41) is 6.98. The van der Waals surface area contributed by atoms with Gasteiger partial charge in [0.15, 0.2) is 11.6 Å². The number of carbonyl (C=O) groups excluding carboxylic acids is 1. The van der Waals surface area contributed by atoms with Gasteiger partial charge in [-0.25, -0.2) is 8.78 Å². The summed E-state index contributed by atoms with van der Waals surface area (Å²) in [6.07, 6.45) is 3.55. The second kappa shape index (κ2) is 9.18. The number of likely N-dealkylation sites (N-methyl/N-ethyl adjacent to an activating group) is 1. The molecule has 1 amide bonds. The van der Waals surface area contributed by atoms with E-state index in [2.05, 4.69) is 10.4 Å². The van der Waals surface area contributed by atoms with Crippen LogP contribution in [0.15, 0.2) is 54.9 Å². The van der Waals surface area contributed by atoms with Crippen LogP contribution in [0.2, 0.25) is 0 Å². The van der Waals surface area contributed by atoms with Gasteiger partial charge in [0.25, 0.3) is 0 Å². The first-order valence-electron chi connectivity index (χ1n) is 9.03. The molecule has 0 fully saturated rings. The van der Waals surface area contributed by atoms with Crippen LogP contribution < -0.4 is 10.1 Å². The lowest BCUT2D eigenvalue weighted by Gasteiger charge is -2.17. The van der Waals surface area contributed by atoms with Crippen LogP contribution >= 0.6 is 0 Å². The van der Waals surface area contributed by atoms with E-state index in [-0.39, 0.29) is 30.6 Å². The number of nitrogens with one attached hydrogen (secondary N) is 1. The van der Waals surface area contributed by atoms with E-state index >= 15 is 0 Å². The van der Waals surface area contributed by atoms with Gasteiger partial charge >= 0.3 is 0 Å². The normalized spacial score (nSPS) is 10.6. The number of benzene rings is 2. The molecule has 0 aliphatic rings. The third-order valence-electron chi connectivity index (χ3n) is 4.26. The number of hydrogen-bond donors (Lipinski definition) is 1. The van der Waals surface area contributed by atoms with Crippen LogP contribution in [0.25, 0.3) is 0 Å². The summed E-state index contributed by atoms with van der Waals surface area (Å²) in [5.41, 5.74) is 1.99. The van der Waals surface area contributed by atoms with Gasteiger partial charge < -0.3 is 15.0 Å². The highest BCUT2D eigenvalue weighted by Crippen LogP contribution is 2.22. The number of carbonyl (C=O) groups is 1. The molecule has 1 heterocycles. The minimum Gasteiger partial charge on any atom is -0.486 e. The van der Waals surface area contributed by atoms with Crippen molar-refractivity contribution in [2.45, 2.75) is 13.2 Å². The maximum atomic E-state index is 14.3. The van der Waals surface area contributed by atoms with Crippen molar-refractivity contribution >= 4 is 11.6 Å². The Morgan fingerprint density at radius 3 is 2.72 bits per heavy atom. The molecule has 0 spiro atoms. The van der Waals surface area contributed by atoms with Crippen LogP contribution in [0, 0.1) is 11.6 Å². The predicted octanol–water partition coefficient (Wildman–Crippen LogP) is 3.35. The smallest absolute Gasteiger partial charge is 0.241 e. The quantitative estimate of drug-likeness (QED) is 0.630. The first kappa shape index (κ1) is 20.3. The topological polar surface area (TPSA) is 59.4 Å². The average molecular weight is 400 g/mol. The van der Waals surface area contributed by atoms with Crippen LogP contribution in [0.5, 0.6) is 5.75 Å². The summed E-state index contributed by atoms with van der Waals surface area (Å²) >= 11 is 0. The highest BCUT2D eigenvalue weighted by molar-refractivity contribution is 5.80. The fourth-order valence-corrected chi connectivity index (χ4v) is 2.74. The van der Waals surface area contributed by atoms with Crippen LogP contribution in [0.4, 0.5) is 14.5 Å². The van der Waals surface area contributed by atoms with E-state index in [4.69, 9.17) is 4.74 Å². The van der Waals surface area contributed by atoms with Crippen molar-refractivity contribution in [3.63, 3.8) is 0 Å². The summed E-state index contributed by atoms with van der Waals surface area (Å²) in [6, 6.07) is 10.3. The fourth-order valence-electron chi connectivity index (χ4n) is 2.74. The third kappa shape index (κ3) is 5.78. The Balaban J connectivity index is 1.51. The highest BCUT2D eigenvalue weighted by atomic mass is 19.1. The van der Waals surface area contributed by atoms with Crippen molar-refractivity contribution < 1.29 is 18.3 Å². The lowest BCUT2D eigenvalue weighted by Crippen LogP contribution is -2.31. The largest absolute Gasteiger partial charge is 0.486 e. The average Bonchev–Trinajstić information content (AvgIpc) is 3.10. The van der Waals surface area contributed by atoms with Gasteiger partial charge in [0.2, 0.25) is 5.91 Å². The molecule has 0 bridgehead atoms. The second-order valence-electron chi connectivity index (χ2n) is 6.69. The van der Waals surface area contributed by atoms with Gasteiger partial charge in [-0.05, 0) is 29.8 Å². The Morgan fingerprint density at radius 2 is 2.03 bits per heavy atom. The summed E-state index contributed by atoms with van der Waals surface area (Å²) < 4.78 is 34.5. The van der Waals surface area contributed by atoms with Crippen molar-refractivity contribution in [1.29, 1.82) is 0 Å². The number of ether oxygens (including phenoxy) is 1. The van der Waals surface area contributed by atoms with Crippen molar-refractivity contribution in [3.8, 4) is 5.75 Å². The zero-order chi connectivity index (χ0) is 20.8. The van der Waals surface area contributed by atoms with Gasteiger partial charge in [-0.1, -0.05) is 12.1 Å². The van der Waals surface area contributed by atoms with E-state index in [1.807, 2.05) is 13.2 Å². The molecule has 6 nitrogen and oxygen atoms in total. The van der Waals surface area contributed by atoms with Gasteiger partial charge in [0.05, 0.1) is 12.7 Å². The molecule has 0 radical (unpaired) electrons. The Kier molecular flexibility index (Phi) is 6.43. The van der Waals surface area contributed by atoms with Crippen LogP contribution in [-0.4, -0.2) is 34.2 Å². The number of amides is 1. The zero-order valence-electron chi connectivity index (χ0n) is 16.2. The molecule has 2 aromatic carbocycles. The molecule has 8 heteroatoms. The van der Waals surface area contributed by atoms with E-state index in [1.165, 1.54) is 24.3 Å². The van der Waals surface area contributed by atoms with E-state index in [0.717, 1.165) is 5.56 Å². The number of hydrogen-bond acceptors (Lipinski definition) is 4. The summed E-state index contributed by atoms with van der Waals surface area (Å²) in [6.45, 7) is 0.522. The number of rotatable bonds is 8. The lowest BCUT2D eigenvalue weighted by molar-refractivity contribution is -0.128. The first-order valence-corrected chi connectivity index (χ1v) is 9.03. The minimum atomic E-state index is -0.567. The molecule has 0 saturated heterocycles. The fraction of sp³-hybridized carbons (Fsp3) is 0.238. The predicted molar refractivity (Wildman–Crippen MR) is 105 cm³/mol. The van der Waals surface area contributed by atoms with Crippen molar-refractivity contribution in [1.82, 2.24) is 14.7 Å². The minimum absolute atomic E-state index is 0.0275. The third-order valence-corrected chi connectivity index (χ3v) is 4.26. The van der Waals surface area contributed by atoms with Gasteiger partial charge in [-0.15, -0.1) is 0 Å². The molecular formula is C21H22F2N4O2. The number of nitrogens with zero attached hydrogens (tertiary/aromatic N) is 3. The zero-order valence-corrected chi connectivity index (χ0v) is 16.2. The van der Waals surface area contributed by atoms with Gasteiger partial charge in [-0.3, -0.25) is 9.48 Å². The van der Waals surface area contributed by atoms with Crippen molar-refractivity contribution in [3.05, 3.63) is 77.6 Å². The summed E-state index contributed by atoms with van der Waals surface area (Å²) in [7, 11) is 3.51. The van der Waals surface area contributed by atoms with Gasteiger partial charge in [0, 0.05) is 44.2 Å². The monoisotopic (exact) mass is 400 g/mol. The Bertz CT molecular complexity index is 990. The molecule has 0 aliphatic carbocycles. The van der Waals surface area contributed by atoms with E-state index in [0.29, 0.717) is 17.8 Å². The van der Waals surface area contributed by atoms with E-state index in [9.17, 15) is 13.6 Å². The number of aromatic nitrogens is 2. The maximum Gasteiger partial charge on any atom is 0.241 e. The number of anilines is 1. The van der Waals surface area contributed by atoms with Crippen molar-refractivity contribution in [2.75, 3.05) is 18.9 Å². The molecule has 1 aromatic heterocycles. The van der Waals surface area contributed by atoms with Gasteiger partial charge in [-0.2, -0.15) is 5.10 Å². The molecule has 29 heavy (non-hydrogen) atoms. The number of halogens is 2. The van der Waals surface area contributed by atoms with Crippen LogP contribution in [-0.2, 0) is 25.0 Å². The Morgan fingerprint density at radius 1 is 1.21 bits per heavy atom. The van der Waals surface area contributed by atoms with Crippen LogP contribution in [0.1, 0.15) is 11.1 Å². The first-order chi connectivity index (χ1) is 13.9. The second-order valence-corrected chi connectivity index (χ2v) is 6.69. The van der Waals surface area contributed by atoms with Crippen molar-refractivity contribution in [2.24, 2.45) is 7.05 Å². The van der Waals surface area contributed by atoms with Gasteiger partial charge in [0.1, 0.15) is 12.4 Å². The summed E-state index contributed by atoms with van der Waals surface area (Å²) in [4.78, 5) is 13.8. The SMILES string of the molecule is CN(Cc1cnn(C)c1)C(=O)CNc1ccc(OCc2cccc(F)c2)c(F)c1.